The van der Waals surface area contributed by atoms with E-state index in [0.717, 1.165) is 38.2 Å². The van der Waals surface area contributed by atoms with Gasteiger partial charge in [0.2, 0.25) is 0 Å². The molecule has 1 aromatic carbocycles. The fourth-order valence-electron chi connectivity index (χ4n) is 1.99. The topological polar surface area (TPSA) is 47.9 Å². The van der Waals surface area contributed by atoms with E-state index in [1.807, 2.05) is 24.3 Å². The Morgan fingerprint density at radius 2 is 2.24 bits per heavy atom. The zero-order chi connectivity index (χ0) is 11.9. The number of para-hydroxylation sites is 1. The molecule has 0 aliphatic carbocycles. The summed E-state index contributed by atoms with van der Waals surface area (Å²) in [5.41, 5.74) is 3.15. The van der Waals surface area contributed by atoms with Crippen molar-refractivity contribution in [1.29, 1.82) is 5.26 Å². The molecule has 1 aromatic rings. The van der Waals surface area contributed by atoms with Crippen molar-refractivity contribution >= 4 is 5.69 Å². The van der Waals surface area contributed by atoms with E-state index in [4.69, 9.17) is 5.26 Å². The molecular weight excluding hydrogens is 210 g/mol. The van der Waals surface area contributed by atoms with Crippen molar-refractivity contribution in [3.05, 3.63) is 41.5 Å². The van der Waals surface area contributed by atoms with E-state index < -0.39 is 0 Å². The van der Waals surface area contributed by atoms with Gasteiger partial charge in [0.25, 0.3) is 0 Å². The normalized spacial score (nSPS) is 14.9. The lowest BCUT2D eigenvalue weighted by Gasteiger charge is -2.14. The van der Waals surface area contributed by atoms with E-state index >= 15 is 0 Å². The molecule has 1 heterocycles. The monoisotopic (exact) mass is 227 g/mol. The molecule has 3 nitrogen and oxygen atoms in total. The van der Waals surface area contributed by atoms with Crippen molar-refractivity contribution in [3.8, 4) is 6.07 Å². The third kappa shape index (κ3) is 3.33. The molecule has 0 fully saturated rings. The maximum atomic E-state index is 8.96. The Balaban J connectivity index is 1.86. The van der Waals surface area contributed by atoms with E-state index in [0.29, 0.717) is 5.56 Å². The Bertz CT molecular complexity index is 443. The fraction of sp³-hybridized carbons (Fsp3) is 0.357. The number of benzene rings is 1. The fourth-order valence-corrected chi connectivity index (χ4v) is 1.99. The van der Waals surface area contributed by atoms with Crippen LogP contribution in [0.3, 0.4) is 0 Å². The van der Waals surface area contributed by atoms with Crippen molar-refractivity contribution in [2.45, 2.75) is 12.8 Å². The molecule has 17 heavy (non-hydrogen) atoms. The number of hydrogen-bond donors (Lipinski definition) is 2. The molecule has 1 aliphatic heterocycles. The molecule has 0 aromatic heterocycles. The smallest absolute Gasteiger partial charge is 0.101 e. The minimum Gasteiger partial charge on any atom is -0.384 e. The van der Waals surface area contributed by atoms with Crippen molar-refractivity contribution < 1.29 is 0 Å². The zero-order valence-corrected chi connectivity index (χ0v) is 9.87. The van der Waals surface area contributed by atoms with Crippen LogP contribution in [-0.2, 0) is 0 Å². The van der Waals surface area contributed by atoms with Gasteiger partial charge in [0.1, 0.15) is 6.07 Å². The van der Waals surface area contributed by atoms with E-state index in [1.165, 1.54) is 5.57 Å². The molecule has 0 spiro atoms. The van der Waals surface area contributed by atoms with Crippen molar-refractivity contribution in [2.75, 3.05) is 25.0 Å². The van der Waals surface area contributed by atoms with Crippen molar-refractivity contribution in [2.24, 2.45) is 0 Å². The maximum absolute atomic E-state index is 8.96. The first kappa shape index (κ1) is 11.7. The molecule has 1 aliphatic rings. The predicted molar refractivity (Wildman–Crippen MR) is 69.8 cm³/mol. The third-order valence-electron chi connectivity index (χ3n) is 2.97. The Morgan fingerprint density at radius 3 is 3.00 bits per heavy atom. The minimum atomic E-state index is 0.715. The van der Waals surface area contributed by atoms with Gasteiger partial charge in [-0.1, -0.05) is 23.8 Å². The van der Waals surface area contributed by atoms with Gasteiger partial charge in [0.15, 0.2) is 0 Å². The Morgan fingerprint density at radius 1 is 1.35 bits per heavy atom. The molecule has 0 saturated carbocycles. The summed E-state index contributed by atoms with van der Waals surface area (Å²) in [4.78, 5) is 0. The molecule has 0 unspecified atom stereocenters. The molecule has 0 bridgehead atoms. The summed E-state index contributed by atoms with van der Waals surface area (Å²) in [5.74, 6) is 0. The van der Waals surface area contributed by atoms with Gasteiger partial charge in [0, 0.05) is 13.1 Å². The Kier molecular flexibility index (Phi) is 4.17. The number of nitrogens with zero attached hydrogens (tertiary/aromatic N) is 1. The largest absolute Gasteiger partial charge is 0.384 e. The molecular formula is C14H17N3. The van der Waals surface area contributed by atoms with E-state index in [9.17, 15) is 0 Å². The van der Waals surface area contributed by atoms with Crippen LogP contribution in [0.25, 0.3) is 0 Å². The first-order valence-electron chi connectivity index (χ1n) is 6.02. The van der Waals surface area contributed by atoms with Crippen LogP contribution in [0.15, 0.2) is 35.9 Å². The molecule has 0 amide bonds. The van der Waals surface area contributed by atoms with Crippen molar-refractivity contribution in [3.63, 3.8) is 0 Å². The highest BCUT2D eigenvalue weighted by Gasteiger charge is 2.03. The summed E-state index contributed by atoms with van der Waals surface area (Å²) in [5, 5.41) is 15.6. The predicted octanol–water partition coefficient (Wildman–Crippen LogP) is 2.28. The quantitative estimate of drug-likeness (QED) is 0.776. The van der Waals surface area contributed by atoms with Gasteiger partial charge in [0.05, 0.1) is 11.3 Å². The van der Waals surface area contributed by atoms with E-state index in [2.05, 4.69) is 22.8 Å². The molecule has 2 rings (SSSR count). The lowest BCUT2D eigenvalue weighted by molar-refractivity contribution is 0.683. The molecule has 0 radical (unpaired) electrons. The number of nitriles is 1. The highest BCUT2D eigenvalue weighted by atomic mass is 14.9. The second kappa shape index (κ2) is 6.07. The van der Waals surface area contributed by atoms with Crippen LogP contribution in [0, 0.1) is 11.3 Å². The summed E-state index contributed by atoms with van der Waals surface area (Å²) < 4.78 is 0. The van der Waals surface area contributed by atoms with Crippen LogP contribution in [0.5, 0.6) is 0 Å². The molecule has 0 saturated heterocycles. The Hall–Kier alpha value is -1.79. The first-order valence-corrected chi connectivity index (χ1v) is 6.02. The number of hydrogen-bond acceptors (Lipinski definition) is 3. The van der Waals surface area contributed by atoms with E-state index in [-0.39, 0.29) is 0 Å². The van der Waals surface area contributed by atoms with Gasteiger partial charge in [-0.25, -0.2) is 0 Å². The van der Waals surface area contributed by atoms with Crippen LogP contribution >= 0.6 is 0 Å². The minimum absolute atomic E-state index is 0.715. The van der Waals surface area contributed by atoms with Gasteiger partial charge in [-0.05, 0) is 31.5 Å². The van der Waals surface area contributed by atoms with Crippen LogP contribution < -0.4 is 10.6 Å². The Labute approximate surface area is 102 Å². The first-order chi connectivity index (χ1) is 8.40. The van der Waals surface area contributed by atoms with Gasteiger partial charge in [-0.15, -0.1) is 0 Å². The SMILES string of the molecule is N#Cc1ccccc1NCCC1=CCNCC1. The maximum Gasteiger partial charge on any atom is 0.101 e. The second-order valence-electron chi connectivity index (χ2n) is 4.15. The summed E-state index contributed by atoms with van der Waals surface area (Å²) in [6.45, 7) is 2.97. The lowest BCUT2D eigenvalue weighted by Crippen LogP contribution is -2.21. The average Bonchev–Trinajstić information content (AvgIpc) is 2.40. The number of nitrogens with one attached hydrogen (secondary N) is 2. The number of anilines is 1. The lowest BCUT2D eigenvalue weighted by atomic mass is 10.1. The van der Waals surface area contributed by atoms with Gasteiger partial charge in [-0.3, -0.25) is 0 Å². The highest BCUT2D eigenvalue weighted by Crippen LogP contribution is 2.15. The van der Waals surface area contributed by atoms with Crippen molar-refractivity contribution in [1.82, 2.24) is 5.32 Å². The molecule has 3 heteroatoms. The number of rotatable bonds is 4. The summed E-state index contributed by atoms with van der Waals surface area (Å²) in [6, 6.07) is 9.83. The van der Waals surface area contributed by atoms with Crippen LogP contribution in [0.2, 0.25) is 0 Å². The molecule has 2 N–H and O–H groups in total. The van der Waals surface area contributed by atoms with Crippen LogP contribution in [-0.4, -0.2) is 19.6 Å². The van der Waals surface area contributed by atoms with Gasteiger partial charge >= 0.3 is 0 Å². The van der Waals surface area contributed by atoms with Crippen LogP contribution in [0.4, 0.5) is 5.69 Å². The summed E-state index contributed by atoms with van der Waals surface area (Å²) in [7, 11) is 0. The summed E-state index contributed by atoms with van der Waals surface area (Å²) in [6.07, 6.45) is 4.46. The average molecular weight is 227 g/mol. The molecule has 88 valence electrons. The van der Waals surface area contributed by atoms with E-state index in [1.54, 1.807) is 0 Å². The summed E-state index contributed by atoms with van der Waals surface area (Å²) >= 11 is 0. The second-order valence-corrected chi connectivity index (χ2v) is 4.15. The van der Waals surface area contributed by atoms with Gasteiger partial charge < -0.3 is 10.6 Å². The zero-order valence-electron chi connectivity index (χ0n) is 9.87. The third-order valence-corrected chi connectivity index (χ3v) is 2.97. The molecule has 0 atom stereocenters. The standard InChI is InChI=1S/C14H17N3/c15-11-13-3-1-2-4-14(13)17-10-7-12-5-8-16-9-6-12/h1-5,16-17H,6-10H2. The van der Waals surface area contributed by atoms with Gasteiger partial charge in [-0.2, -0.15) is 5.26 Å². The highest BCUT2D eigenvalue weighted by molar-refractivity contribution is 5.57. The van der Waals surface area contributed by atoms with Crippen LogP contribution in [0.1, 0.15) is 18.4 Å².